The van der Waals surface area contributed by atoms with Crippen molar-refractivity contribution in [2.45, 2.75) is 27.2 Å². The molecule has 0 bridgehead atoms. The van der Waals surface area contributed by atoms with Gasteiger partial charge in [-0.15, -0.1) is 11.3 Å². The van der Waals surface area contributed by atoms with Crippen LogP contribution in [0.1, 0.15) is 27.9 Å². The van der Waals surface area contributed by atoms with E-state index in [4.69, 9.17) is 0 Å². The van der Waals surface area contributed by atoms with E-state index in [0.29, 0.717) is 5.69 Å². The minimum atomic E-state index is -0.285. The highest BCUT2D eigenvalue weighted by Gasteiger charge is 2.09. The van der Waals surface area contributed by atoms with Crippen molar-refractivity contribution in [1.82, 2.24) is 10.4 Å². The SMILES string of the molecule is Cc1cc(C)c(/C=N\NC(=O)Cc2csc(-c3ccc(F)cc3)n2)c(C)c1. The number of hydrazone groups is 1. The summed E-state index contributed by atoms with van der Waals surface area (Å²) in [7, 11) is 0. The molecule has 1 N–H and O–H groups in total. The van der Waals surface area contributed by atoms with Crippen molar-refractivity contribution in [3.63, 3.8) is 0 Å². The van der Waals surface area contributed by atoms with E-state index >= 15 is 0 Å². The summed E-state index contributed by atoms with van der Waals surface area (Å²) in [6.07, 6.45) is 1.81. The summed E-state index contributed by atoms with van der Waals surface area (Å²) in [5.41, 5.74) is 8.49. The molecule has 3 rings (SSSR count). The second kappa shape index (κ2) is 8.22. The third-order valence-electron chi connectivity index (χ3n) is 4.11. The van der Waals surface area contributed by atoms with E-state index in [-0.39, 0.29) is 18.1 Å². The van der Waals surface area contributed by atoms with E-state index in [1.165, 1.54) is 29.0 Å². The second-order valence-corrected chi connectivity index (χ2v) is 7.29. The van der Waals surface area contributed by atoms with Crippen LogP contribution in [0.3, 0.4) is 0 Å². The van der Waals surface area contributed by atoms with Crippen molar-refractivity contribution in [3.05, 3.63) is 75.5 Å². The van der Waals surface area contributed by atoms with Gasteiger partial charge in [-0.05, 0) is 56.2 Å². The number of benzene rings is 2. The van der Waals surface area contributed by atoms with Crippen molar-refractivity contribution in [2.75, 3.05) is 0 Å². The minimum absolute atomic E-state index is 0.140. The molecule has 0 saturated heterocycles. The smallest absolute Gasteiger partial charge is 0.246 e. The summed E-state index contributed by atoms with van der Waals surface area (Å²) < 4.78 is 13.0. The number of thiazole rings is 1. The summed E-state index contributed by atoms with van der Waals surface area (Å²) in [6.45, 7) is 6.10. The molecule has 0 radical (unpaired) electrons. The van der Waals surface area contributed by atoms with Crippen molar-refractivity contribution in [2.24, 2.45) is 5.10 Å². The molecule has 1 aromatic heterocycles. The molecule has 1 amide bonds. The molecule has 0 aliphatic rings. The second-order valence-electron chi connectivity index (χ2n) is 6.43. The van der Waals surface area contributed by atoms with Gasteiger partial charge in [-0.2, -0.15) is 5.10 Å². The number of aryl methyl sites for hydroxylation is 3. The summed E-state index contributed by atoms with van der Waals surface area (Å²) >= 11 is 1.42. The van der Waals surface area contributed by atoms with Crippen molar-refractivity contribution in [3.8, 4) is 10.6 Å². The van der Waals surface area contributed by atoms with Gasteiger partial charge in [0.25, 0.3) is 0 Å². The van der Waals surface area contributed by atoms with Crippen LogP contribution in [-0.4, -0.2) is 17.1 Å². The third kappa shape index (κ3) is 4.86. The summed E-state index contributed by atoms with van der Waals surface area (Å²) in [5.74, 6) is -0.517. The first-order chi connectivity index (χ1) is 12.9. The van der Waals surface area contributed by atoms with Gasteiger partial charge in [-0.3, -0.25) is 4.79 Å². The number of carbonyl (C=O) groups excluding carboxylic acids is 1. The quantitative estimate of drug-likeness (QED) is 0.520. The number of hydrogen-bond donors (Lipinski definition) is 1. The number of nitrogens with one attached hydrogen (secondary N) is 1. The molecule has 3 aromatic rings. The number of rotatable bonds is 5. The molecule has 138 valence electrons. The van der Waals surface area contributed by atoms with E-state index in [1.54, 1.807) is 18.3 Å². The largest absolute Gasteiger partial charge is 0.273 e. The van der Waals surface area contributed by atoms with Crippen LogP contribution in [0.25, 0.3) is 10.6 Å². The predicted molar refractivity (Wildman–Crippen MR) is 108 cm³/mol. The Morgan fingerprint density at radius 1 is 1.19 bits per heavy atom. The van der Waals surface area contributed by atoms with Crippen molar-refractivity contribution in [1.29, 1.82) is 0 Å². The first kappa shape index (κ1) is 18.9. The molecule has 0 aliphatic heterocycles. The van der Waals surface area contributed by atoms with E-state index in [2.05, 4.69) is 34.6 Å². The summed E-state index contributed by atoms with van der Waals surface area (Å²) in [6, 6.07) is 10.3. The molecule has 1 heterocycles. The molecule has 0 unspecified atom stereocenters. The van der Waals surface area contributed by atoms with Gasteiger partial charge in [0.1, 0.15) is 10.8 Å². The van der Waals surface area contributed by atoms with Crippen LogP contribution < -0.4 is 5.43 Å². The van der Waals surface area contributed by atoms with E-state index < -0.39 is 0 Å². The first-order valence-corrected chi connectivity index (χ1v) is 9.40. The first-order valence-electron chi connectivity index (χ1n) is 8.52. The zero-order valence-electron chi connectivity index (χ0n) is 15.4. The van der Waals surface area contributed by atoms with E-state index in [0.717, 1.165) is 27.3 Å². The van der Waals surface area contributed by atoms with Crippen LogP contribution >= 0.6 is 11.3 Å². The zero-order chi connectivity index (χ0) is 19.4. The number of aromatic nitrogens is 1. The average Bonchev–Trinajstić information content (AvgIpc) is 3.06. The highest BCUT2D eigenvalue weighted by molar-refractivity contribution is 7.13. The lowest BCUT2D eigenvalue weighted by Crippen LogP contribution is -2.20. The molecule has 0 spiro atoms. The average molecular weight is 381 g/mol. The van der Waals surface area contributed by atoms with Gasteiger partial charge in [-0.25, -0.2) is 14.8 Å². The fourth-order valence-corrected chi connectivity index (χ4v) is 3.71. The normalized spacial score (nSPS) is 11.1. The van der Waals surface area contributed by atoms with Gasteiger partial charge >= 0.3 is 0 Å². The number of amides is 1. The molecule has 0 aliphatic carbocycles. The van der Waals surface area contributed by atoms with Crippen molar-refractivity contribution < 1.29 is 9.18 Å². The lowest BCUT2D eigenvalue weighted by Gasteiger charge is -2.06. The van der Waals surface area contributed by atoms with Crippen LogP contribution in [0.15, 0.2) is 46.9 Å². The monoisotopic (exact) mass is 381 g/mol. The van der Waals surface area contributed by atoms with Crippen LogP contribution in [0, 0.1) is 26.6 Å². The molecule has 0 atom stereocenters. The molecule has 0 fully saturated rings. The van der Waals surface area contributed by atoms with Crippen molar-refractivity contribution >= 4 is 23.5 Å². The molecular formula is C21H20FN3OS. The Labute approximate surface area is 161 Å². The fourth-order valence-electron chi connectivity index (χ4n) is 2.88. The van der Waals surface area contributed by atoms with Crippen LogP contribution in [0.2, 0.25) is 0 Å². The van der Waals surface area contributed by atoms with Crippen LogP contribution in [-0.2, 0) is 11.2 Å². The molecule has 0 saturated carbocycles. The molecular weight excluding hydrogens is 361 g/mol. The maximum atomic E-state index is 13.0. The third-order valence-corrected chi connectivity index (χ3v) is 5.05. The van der Waals surface area contributed by atoms with Gasteiger partial charge in [0.2, 0.25) is 5.91 Å². The topological polar surface area (TPSA) is 54.4 Å². The lowest BCUT2D eigenvalue weighted by atomic mass is 10.0. The maximum absolute atomic E-state index is 13.0. The Bertz CT molecular complexity index is 970. The molecule has 4 nitrogen and oxygen atoms in total. The zero-order valence-corrected chi connectivity index (χ0v) is 16.2. The minimum Gasteiger partial charge on any atom is -0.273 e. The summed E-state index contributed by atoms with van der Waals surface area (Å²) in [4.78, 5) is 16.5. The Hall–Kier alpha value is -2.86. The van der Waals surface area contributed by atoms with Crippen LogP contribution in [0.4, 0.5) is 4.39 Å². The van der Waals surface area contributed by atoms with Gasteiger partial charge in [0.15, 0.2) is 0 Å². The van der Waals surface area contributed by atoms with Gasteiger partial charge in [0.05, 0.1) is 18.3 Å². The number of hydrogen-bond acceptors (Lipinski definition) is 4. The fraction of sp³-hybridized carbons (Fsp3) is 0.190. The summed E-state index contributed by atoms with van der Waals surface area (Å²) in [5, 5.41) is 6.66. The van der Waals surface area contributed by atoms with Gasteiger partial charge < -0.3 is 0 Å². The van der Waals surface area contributed by atoms with E-state index in [9.17, 15) is 9.18 Å². The number of nitrogens with zero attached hydrogens (tertiary/aromatic N) is 2. The highest BCUT2D eigenvalue weighted by atomic mass is 32.1. The molecule has 2 aromatic carbocycles. The van der Waals surface area contributed by atoms with Gasteiger partial charge in [0, 0.05) is 16.5 Å². The Kier molecular flexibility index (Phi) is 5.76. The predicted octanol–water partition coefficient (Wildman–Crippen LogP) is 4.57. The maximum Gasteiger partial charge on any atom is 0.246 e. The number of halogens is 1. The van der Waals surface area contributed by atoms with Gasteiger partial charge in [-0.1, -0.05) is 17.7 Å². The standard InChI is InChI=1S/C21H20FN3OS/c1-13-8-14(2)19(15(3)9-13)11-23-25-20(26)10-18-12-27-21(24-18)16-4-6-17(22)7-5-16/h4-9,11-12H,10H2,1-3H3,(H,25,26)/b23-11-. The highest BCUT2D eigenvalue weighted by Crippen LogP contribution is 2.24. The Morgan fingerprint density at radius 2 is 1.85 bits per heavy atom. The Morgan fingerprint density at radius 3 is 2.52 bits per heavy atom. The lowest BCUT2D eigenvalue weighted by molar-refractivity contribution is -0.120. The number of carbonyl (C=O) groups is 1. The Balaban J connectivity index is 1.61. The van der Waals surface area contributed by atoms with Crippen LogP contribution in [0.5, 0.6) is 0 Å². The van der Waals surface area contributed by atoms with E-state index in [1.807, 2.05) is 19.2 Å². The molecule has 27 heavy (non-hydrogen) atoms. The molecule has 6 heteroatoms.